The van der Waals surface area contributed by atoms with Gasteiger partial charge in [0.15, 0.2) is 0 Å². The molecule has 0 bridgehead atoms. The van der Waals surface area contributed by atoms with Gasteiger partial charge in [0.05, 0.1) is 12.5 Å². The molecule has 2 aromatic carbocycles. The Kier molecular flexibility index (Phi) is 4.04. The molecule has 19 heavy (non-hydrogen) atoms. The summed E-state index contributed by atoms with van der Waals surface area (Å²) in [6.07, 6.45) is 0.475. The maximum atomic E-state index is 8.83. The van der Waals surface area contributed by atoms with Crippen molar-refractivity contribution in [2.75, 3.05) is 17.2 Å². The third-order valence-corrected chi connectivity index (χ3v) is 3.04. The summed E-state index contributed by atoms with van der Waals surface area (Å²) in [5.74, 6) is 0. The molecule has 0 aliphatic rings. The predicted molar refractivity (Wildman–Crippen MR) is 79.3 cm³/mol. The Bertz CT molecular complexity index is 585. The number of nitrogen functional groups attached to an aromatic ring is 1. The average molecular weight is 251 g/mol. The predicted octanol–water partition coefficient (Wildman–Crippen LogP) is 3.63. The van der Waals surface area contributed by atoms with E-state index >= 15 is 0 Å². The topological polar surface area (TPSA) is 53.0 Å². The molecule has 2 aromatic rings. The molecule has 96 valence electrons. The molecule has 0 aliphatic carbocycles. The van der Waals surface area contributed by atoms with Crippen molar-refractivity contribution in [3.8, 4) is 6.07 Å². The fourth-order valence-electron chi connectivity index (χ4n) is 2.08. The Morgan fingerprint density at radius 1 is 1.16 bits per heavy atom. The molecule has 0 saturated heterocycles. The van der Waals surface area contributed by atoms with E-state index in [1.165, 1.54) is 0 Å². The summed E-state index contributed by atoms with van der Waals surface area (Å²) in [6, 6.07) is 18.1. The molecule has 2 rings (SSSR count). The van der Waals surface area contributed by atoms with Crippen molar-refractivity contribution in [1.82, 2.24) is 0 Å². The van der Waals surface area contributed by atoms with E-state index in [1.807, 2.05) is 48.5 Å². The maximum absolute atomic E-state index is 8.83. The van der Waals surface area contributed by atoms with Crippen LogP contribution < -0.4 is 10.6 Å². The average Bonchev–Trinajstić information content (AvgIpc) is 2.44. The number of para-hydroxylation sites is 1. The van der Waals surface area contributed by atoms with Crippen LogP contribution in [0, 0.1) is 18.3 Å². The first-order chi connectivity index (χ1) is 9.22. The highest BCUT2D eigenvalue weighted by atomic mass is 15.1. The van der Waals surface area contributed by atoms with E-state index in [0.717, 1.165) is 22.6 Å². The fourth-order valence-corrected chi connectivity index (χ4v) is 2.08. The normalized spacial score (nSPS) is 9.89. The van der Waals surface area contributed by atoms with Crippen molar-refractivity contribution in [1.29, 1.82) is 5.26 Å². The zero-order valence-electron chi connectivity index (χ0n) is 11.0. The van der Waals surface area contributed by atoms with Crippen LogP contribution >= 0.6 is 0 Å². The van der Waals surface area contributed by atoms with E-state index in [4.69, 9.17) is 11.0 Å². The molecule has 0 heterocycles. The molecule has 0 spiro atoms. The quantitative estimate of drug-likeness (QED) is 0.844. The third-order valence-electron chi connectivity index (χ3n) is 3.04. The second-order valence-corrected chi connectivity index (χ2v) is 4.44. The standard InChI is InChI=1S/C16H17N3/c1-13-8-9-14(18)12-16(13)19(11-5-10-17)15-6-3-2-4-7-15/h2-4,6-9,12H,5,11,18H2,1H3. The SMILES string of the molecule is Cc1ccc(N)cc1N(CCC#N)c1ccccc1. The highest BCUT2D eigenvalue weighted by Crippen LogP contribution is 2.30. The summed E-state index contributed by atoms with van der Waals surface area (Å²) in [5.41, 5.74) is 9.90. The van der Waals surface area contributed by atoms with Gasteiger partial charge in [-0.25, -0.2) is 0 Å². The Hall–Kier alpha value is -2.47. The van der Waals surface area contributed by atoms with Crippen LogP contribution in [0.4, 0.5) is 17.1 Å². The van der Waals surface area contributed by atoms with E-state index in [1.54, 1.807) is 0 Å². The lowest BCUT2D eigenvalue weighted by atomic mass is 10.1. The number of hydrogen-bond donors (Lipinski definition) is 1. The van der Waals surface area contributed by atoms with E-state index in [2.05, 4.69) is 17.9 Å². The number of nitriles is 1. The molecule has 0 unspecified atom stereocenters. The van der Waals surface area contributed by atoms with Gasteiger partial charge in [0.25, 0.3) is 0 Å². The van der Waals surface area contributed by atoms with Crippen LogP contribution in [0.25, 0.3) is 0 Å². The van der Waals surface area contributed by atoms with Gasteiger partial charge in [0.2, 0.25) is 0 Å². The van der Waals surface area contributed by atoms with Crippen LogP contribution in [0.2, 0.25) is 0 Å². The molecule has 0 fully saturated rings. The summed E-state index contributed by atoms with van der Waals surface area (Å²) in [4.78, 5) is 2.13. The second kappa shape index (κ2) is 5.92. The Morgan fingerprint density at radius 3 is 2.58 bits per heavy atom. The van der Waals surface area contributed by atoms with Crippen molar-refractivity contribution in [3.63, 3.8) is 0 Å². The Labute approximate surface area is 113 Å². The number of benzene rings is 2. The molecule has 0 amide bonds. The zero-order valence-corrected chi connectivity index (χ0v) is 11.0. The number of anilines is 3. The van der Waals surface area contributed by atoms with Crippen molar-refractivity contribution in [2.24, 2.45) is 0 Å². The number of nitrogens with zero attached hydrogens (tertiary/aromatic N) is 2. The number of hydrogen-bond acceptors (Lipinski definition) is 3. The largest absolute Gasteiger partial charge is 0.399 e. The highest BCUT2D eigenvalue weighted by molar-refractivity contribution is 5.69. The summed E-state index contributed by atoms with van der Waals surface area (Å²) < 4.78 is 0. The van der Waals surface area contributed by atoms with E-state index < -0.39 is 0 Å². The summed E-state index contributed by atoms with van der Waals surface area (Å²) >= 11 is 0. The van der Waals surface area contributed by atoms with E-state index in [-0.39, 0.29) is 0 Å². The maximum Gasteiger partial charge on any atom is 0.0640 e. The first kappa shape index (κ1) is 13.0. The number of rotatable bonds is 4. The molecule has 3 heteroatoms. The Morgan fingerprint density at radius 2 is 1.89 bits per heavy atom. The molecular formula is C16H17N3. The summed E-state index contributed by atoms with van der Waals surface area (Å²) in [5, 5.41) is 8.83. The van der Waals surface area contributed by atoms with Gasteiger partial charge in [-0.05, 0) is 36.8 Å². The second-order valence-electron chi connectivity index (χ2n) is 4.44. The third kappa shape index (κ3) is 3.05. The lowest BCUT2D eigenvalue weighted by molar-refractivity contribution is 0.943. The lowest BCUT2D eigenvalue weighted by Crippen LogP contribution is -2.19. The molecular weight excluding hydrogens is 234 g/mol. The van der Waals surface area contributed by atoms with Gasteiger partial charge in [-0.15, -0.1) is 0 Å². The minimum absolute atomic E-state index is 0.475. The van der Waals surface area contributed by atoms with Gasteiger partial charge in [-0.1, -0.05) is 24.3 Å². The zero-order chi connectivity index (χ0) is 13.7. The number of aryl methyl sites for hydroxylation is 1. The smallest absolute Gasteiger partial charge is 0.0640 e. The first-order valence-corrected chi connectivity index (χ1v) is 6.28. The minimum Gasteiger partial charge on any atom is -0.399 e. The first-order valence-electron chi connectivity index (χ1n) is 6.28. The fraction of sp³-hybridized carbons (Fsp3) is 0.188. The molecule has 0 aliphatic heterocycles. The van der Waals surface area contributed by atoms with Crippen LogP contribution in [0.1, 0.15) is 12.0 Å². The highest BCUT2D eigenvalue weighted by Gasteiger charge is 2.11. The van der Waals surface area contributed by atoms with Gasteiger partial charge < -0.3 is 10.6 Å². The molecule has 2 N–H and O–H groups in total. The van der Waals surface area contributed by atoms with Gasteiger partial charge in [0, 0.05) is 23.6 Å². The van der Waals surface area contributed by atoms with E-state index in [0.29, 0.717) is 13.0 Å². The molecule has 0 atom stereocenters. The van der Waals surface area contributed by atoms with Crippen LogP contribution in [-0.4, -0.2) is 6.54 Å². The Balaban J connectivity index is 2.43. The molecule has 0 radical (unpaired) electrons. The molecule has 0 saturated carbocycles. The van der Waals surface area contributed by atoms with Crippen LogP contribution in [0.15, 0.2) is 48.5 Å². The van der Waals surface area contributed by atoms with Crippen molar-refractivity contribution >= 4 is 17.1 Å². The lowest BCUT2D eigenvalue weighted by Gasteiger charge is -2.26. The molecule has 0 aromatic heterocycles. The van der Waals surface area contributed by atoms with Crippen LogP contribution in [0.3, 0.4) is 0 Å². The van der Waals surface area contributed by atoms with Crippen molar-refractivity contribution in [2.45, 2.75) is 13.3 Å². The van der Waals surface area contributed by atoms with Crippen LogP contribution in [0.5, 0.6) is 0 Å². The van der Waals surface area contributed by atoms with Crippen molar-refractivity contribution in [3.05, 3.63) is 54.1 Å². The van der Waals surface area contributed by atoms with E-state index in [9.17, 15) is 0 Å². The summed E-state index contributed by atoms with van der Waals surface area (Å²) in [7, 11) is 0. The molecule has 3 nitrogen and oxygen atoms in total. The van der Waals surface area contributed by atoms with Crippen LogP contribution in [-0.2, 0) is 0 Å². The van der Waals surface area contributed by atoms with Gasteiger partial charge in [-0.3, -0.25) is 0 Å². The monoisotopic (exact) mass is 251 g/mol. The van der Waals surface area contributed by atoms with Gasteiger partial charge in [0.1, 0.15) is 0 Å². The minimum atomic E-state index is 0.475. The van der Waals surface area contributed by atoms with Crippen molar-refractivity contribution < 1.29 is 0 Å². The summed E-state index contributed by atoms with van der Waals surface area (Å²) in [6.45, 7) is 2.71. The van der Waals surface area contributed by atoms with Gasteiger partial charge in [-0.2, -0.15) is 5.26 Å². The van der Waals surface area contributed by atoms with Gasteiger partial charge >= 0.3 is 0 Å². The number of nitrogens with two attached hydrogens (primary N) is 1.